The van der Waals surface area contributed by atoms with Crippen molar-refractivity contribution >= 4 is 45.9 Å². The molecule has 0 saturated carbocycles. The summed E-state index contributed by atoms with van der Waals surface area (Å²) in [5.41, 5.74) is 7.67. The number of imidazole rings is 2. The van der Waals surface area contributed by atoms with Crippen molar-refractivity contribution < 1.29 is 28.7 Å². The molecule has 0 spiro atoms. The third-order valence-electron chi connectivity index (χ3n) is 12.3. The van der Waals surface area contributed by atoms with Gasteiger partial charge in [-0.3, -0.25) is 9.59 Å². The van der Waals surface area contributed by atoms with Gasteiger partial charge in [0.2, 0.25) is 11.8 Å². The summed E-state index contributed by atoms with van der Waals surface area (Å²) in [7, 11) is 2.59. The Hall–Kier alpha value is -7.03. The molecule has 15 heteroatoms. The zero-order valence-corrected chi connectivity index (χ0v) is 34.7. The second kappa shape index (κ2) is 17.5. The molecule has 2 fully saturated rings. The van der Waals surface area contributed by atoms with Gasteiger partial charge in [0.05, 0.1) is 60.4 Å². The minimum Gasteiger partial charge on any atom is -0.453 e. The van der Waals surface area contributed by atoms with Crippen LogP contribution in [-0.2, 0) is 19.1 Å². The third-order valence-corrected chi connectivity index (χ3v) is 12.3. The number of amides is 4. The monoisotopic (exact) mass is 835 g/mol. The highest BCUT2D eigenvalue weighted by Gasteiger charge is 2.39. The summed E-state index contributed by atoms with van der Waals surface area (Å²) in [5, 5.41) is 6.50. The lowest BCUT2D eigenvalue weighted by atomic mass is 9.97. The lowest BCUT2D eigenvalue weighted by Gasteiger charge is -2.29. The lowest BCUT2D eigenvalue weighted by Crippen LogP contribution is -2.49. The number of fused-ring (bicyclic) bond motifs is 2. The van der Waals surface area contributed by atoms with Gasteiger partial charge in [-0.2, -0.15) is 0 Å². The molecule has 4 atom stereocenters. The fraction of sp³-hybridized carbons (Fsp3) is 0.340. The van der Waals surface area contributed by atoms with Crippen molar-refractivity contribution in [2.45, 2.75) is 75.5 Å². The predicted molar refractivity (Wildman–Crippen MR) is 233 cm³/mol. The molecular weight excluding hydrogens is 787 g/mol. The molecule has 4 unspecified atom stereocenters. The van der Waals surface area contributed by atoms with Crippen molar-refractivity contribution in [3.63, 3.8) is 0 Å². The van der Waals surface area contributed by atoms with Crippen LogP contribution in [0, 0.1) is 0 Å². The second-order valence-corrected chi connectivity index (χ2v) is 16.0. The number of pyridine rings is 1. The summed E-state index contributed by atoms with van der Waals surface area (Å²) in [5.74, 6) is 1.07. The standard InChI is InChI=1S/C47H49N9O6/c1-61-46(59)53-40(28-11-5-3-6-12-28)44(57)55-23-9-15-38(55)42-48-27-37(52-42)31-18-21-33-30(25-31)17-20-34(49-33)32-19-22-35-36(26-32)51-43(50-35)39-16-10-24-56(39)45(58)41(54-47(60)62-2)29-13-7-4-8-14-29/h3-5,7,12,14,17-22,25-27,38-41H,6,8-11,13,15-16,23-24H2,1-2H3,(H,48,52)(H,50,51)(H,53,59)(H,54,60). The molecule has 2 aromatic carbocycles. The fourth-order valence-corrected chi connectivity index (χ4v) is 9.10. The number of nitrogens with one attached hydrogen (secondary N) is 4. The highest BCUT2D eigenvalue weighted by atomic mass is 16.5. The first-order valence-corrected chi connectivity index (χ1v) is 21.2. The molecule has 62 heavy (non-hydrogen) atoms. The van der Waals surface area contributed by atoms with Gasteiger partial charge in [-0.15, -0.1) is 0 Å². The van der Waals surface area contributed by atoms with E-state index in [1.807, 2.05) is 82.7 Å². The number of likely N-dealkylation sites (tertiary alicyclic amines) is 2. The largest absolute Gasteiger partial charge is 0.453 e. The summed E-state index contributed by atoms with van der Waals surface area (Å²) < 4.78 is 9.73. The molecule has 2 aliphatic carbocycles. The normalized spacial score (nSPS) is 19.6. The van der Waals surface area contributed by atoms with E-state index in [9.17, 15) is 19.2 Å². The summed E-state index contributed by atoms with van der Waals surface area (Å²) in [6, 6.07) is 14.0. The van der Waals surface area contributed by atoms with Gasteiger partial charge in [0, 0.05) is 29.6 Å². The second-order valence-electron chi connectivity index (χ2n) is 16.0. The highest BCUT2D eigenvalue weighted by molar-refractivity contribution is 5.91. The number of benzene rings is 2. The molecule has 4 aliphatic rings. The summed E-state index contributed by atoms with van der Waals surface area (Å²) in [4.78, 5) is 77.9. The maximum atomic E-state index is 14.0. The van der Waals surface area contributed by atoms with Gasteiger partial charge in [0.25, 0.3) is 0 Å². The number of rotatable bonds is 10. The minimum atomic E-state index is -0.809. The highest BCUT2D eigenvalue weighted by Crippen LogP contribution is 2.36. The van der Waals surface area contributed by atoms with Crippen LogP contribution in [0.4, 0.5) is 9.59 Å². The molecule has 9 rings (SSSR count). The van der Waals surface area contributed by atoms with Crippen LogP contribution in [0.25, 0.3) is 44.5 Å². The van der Waals surface area contributed by atoms with Crippen molar-refractivity contribution in [3.8, 4) is 22.5 Å². The molecule has 2 aliphatic heterocycles. The molecule has 5 aromatic rings. The lowest BCUT2D eigenvalue weighted by molar-refractivity contribution is -0.134. The van der Waals surface area contributed by atoms with Crippen LogP contribution >= 0.6 is 0 Å². The molecule has 4 N–H and O–H groups in total. The molecule has 3 aromatic heterocycles. The van der Waals surface area contributed by atoms with E-state index in [0.29, 0.717) is 50.4 Å². The zero-order valence-electron chi connectivity index (χ0n) is 34.7. The molecule has 0 bridgehead atoms. The number of carbonyl (C=O) groups excluding carboxylic acids is 4. The van der Waals surface area contributed by atoms with Crippen LogP contribution in [-0.4, -0.2) is 98.1 Å². The van der Waals surface area contributed by atoms with E-state index in [-0.39, 0.29) is 23.9 Å². The maximum Gasteiger partial charge on any atom is 0.407 e. The molecule has 2 saturated heterocycles. The van der Waals surface area contributed by atoms with Gasteiger partial charge in [-0.25, -0.2) is 24.5 Å². The smallest absolute Gasteiger partial charge is 0.407 e. The van der Waals surface area contributed by atoms with Crippen molar-refractivity contribution in [1.82, 2.24) is 45.4 Å². The number of carbonyl (C=O) groups is 4. The average Bonchev–Trinajstić information content (AvgIpc) is 4.16. The number of hydrogen-bond acceptors (Lipinski definition) is 9. The number of aromatic amines is 2. The number of nitrogens with zero attached hydrogens (tertiary/aromatic N) is 5. The van der Waals surface area contributed by atoms with Crippen LogP contribution in [0.15, 0.2) is 102 Å². The number of hydrogen-bond donors (Lipinski definition) is 4. The van der Waals surface area contributed by atoms with Crippen LogP contribution < -0.4 is 10.6 Å². The Morgan fingerprint density at radius 3 is 1.92 bits per heavy atom. The maximum absolute atomic E-state index is 14.0. The Morgan fingerprint density at radius 1 is 0.694 bits per heavy atom. The van der Waals surface area contributed by atoms with Gasteiger partial charge < -0.3 is 39.9 Å². The van der Waals surface area contributed by atoms with E-state index in [0.717, 1.165) is 81.3 Å². The molecule has 318 valence electrons. The van der Waals surface area contributed by atoms with Gasteiger partial charge in [0.15, 0.2) is 0 Å². The van der Waals surface area contributed by atoms with Crippen LogP contribution in [0.2, 0.25) is 0 Å². The van der Waals surface area contributed by atoms with Crippen molar-refractivity contribution in [1.29, 1.82) is 0 Å². The van der Waals surface area contributed by atoms with Crippen molar-refractivity contribution in [2.24, 2.45) is 0 Å². The number of alkyl carbamates (subject to hydrolysis) is 2. The van der Waals surface area contributed by atoms with Crippen molar-refractivity contribution in [3.05, 3.63) is 114 Å². The summed E-state index contributed by atoms with van der Waals surface area (Å²) in [6.45, 7) is 1.13. The Bertz CT molecular complexity index is 2680. The number of methoxy groups -OCH3 is 2. The molecular formula is C47H49N9O6. The van der Waals surface area contributed by atoms with Crippen LogP contribution in [0.3, 0.4) is 0 Å². The third kappa shape index (κ3) is 8.09. The number of H-pyrrole nitrogens is 2. The van der Waals surface area contributed by atoms with Gasteiger partial charge in [0.1, 0.15) is 23.7 Å². The van der Waals surface area contributed by atoms with E-state index in [2.05, 4.69) is 32.7 Å². The van der Waals surface area contributed by atoms with Gasteiger partial charge in [-0.1, -0.05) is 54.7 Å². The summed E-state index contributed by atoms with van der Waals surface area (Å²) in [6.07, 6.45) is 18.4. The van der Waals surface area contributed by atoms with Crippen LogP contribution in [0.1, 0.15) is 75.1 Å². The number of aromatic nitrogens is 5. The first-order chi connectivity index (χ1) is 30.3. The first-order valence-electron chi connectivity index (χ1n) is 21.2. The van der Waals surface area contributed by atoms with E-state index in [1.165, 1.54) is 14.2 Å². The average molecular weight is 836 g/mol. The molecule has 0 radical (unpaired) electrons. The first kappa shape index (κ1) is 40.4. The van der Waals surface area contributed by atoms with E-state index in [4.69, 9.17) is 24.4 Å². The van der Waals surface area contributed by atoms with Crippen LogP contribution in [0.5, 0.6) is 0 Å². The SMILES string of the molecule is COC(=O)NC(C(=O)N1CCCC1c1ncc(-c2ccc3nc(-c4ccc5nc(C6CCCN6C(=O)C(NC(=O)OC)C6=CCC=CC6)[nH]c5c4)ccc3c2)[nH]1)C1=CCC=CC1. The Labute approximate surface area is 358 Å². The minimum absolute atomic E-state index is 0.171. The topological polar surface area (TPSA) is 188 Å². The van der Waals surface area contributed by atoms with E-state index >= 15 is 0 Å². The molecule has 15 nitrogen and oxygen atoms in total. The van der Waals surface area contributed by atoms with Crippen molar-refractivity contribution in [2.75, 3.05) is 27.3 Å². The predicted octanol–water partition coefficient (Wildman–Crippen LogP) is 7.50. The Kier molecular flexibility index (Phi) is 11.4. The van der Waals surface area contributed by atoms with E-state index in [1.54, 1.807) is 6.20 Å². The quantitative estimate of drug-likeness (QED) is 0.103. The molecule has 4 amide bonds. The molecule has 5 heterocycles. The Balaban J connectivity index is 0.908. The summed E-state index contributed by atoms with van der Waals surface area (Å²) >= 11 is 0. The van der Waals surface area contributed by atoms with Gasteiger partial charge >= 0.3 is 12.2 Å². The number of ether oxygens (including phenoxy) is 2. The Morgan fingerprint density at radius 2 is 1.31 bits per heavy atom. The van der Waals surface area contributed by atoms with Gasteiger partial charge in [-0.05, 0) is 92.8 Å². The van der Waals surface area contributed by atoms with E-state index < -0.39 is 24.3 Å². The number of allylic oxidation sites excluding steroid dienone is 6. The zero-order chi connectivity index (χ0) is 42.7. The fourth-order valence-electron chi connectivity index (χ4n) is 9.10.